The zero-order chi connectivity index (χ0) is 26.1. The van der Waals surface area contributed by atoms with Gasteiger partial charge in [0.2, 0.25) is 0 Å². The highest BCUT2D eigenvalue weighted by Gasteiger charge is 2.26. The number of aliphatic carboxylic acids is 1. The van der Waals surface area contributed by atoms with Crippen molar-refractivity contribution in [2.24, 2.45) is 5.92 Å². The molecule has 3 heterocycles. The first-order valence-electron chi connectivity index (χ1n) is 12.5. The summed E-state index contributed by atoms with van der Waals surface area (Å²) in [7, 11) is 3.51. The number of allylic oxidation sites excluding steroid dienone is 2. The summed E-state index contributed by atoms with van der Waals surface area (Å²) in [6.45, 7) is 1.28. The minimum Gasteiger partial charge on any atom is -0.481 e. The highest BCUT2D eigenvalue weighted by atomic mass is 35.5. The first kappa shape index (κ1) is 25.1. The van der Waals surface area contributed by atoms with Gasteiger partial charge in [0, 0.05) is 45.6 Å². The van der Waals surface area contributed by atoms with Crippen molar-refractivity contribution in [1.82, 2.24) is 24.8 Å². The van der Waals surface area contributed by atoms with Crippen molar-refractivity contribution in [3.8, 4) is 17.3 Å². The van der Waals surface area contributed by atoms with Crippen LogP contribution in [0.25, 0.3) is 28.0 Å². The van der Waals surface area contributed by atoms with E-state index in [2.05, 4.69) is 9.97 Å². The smallest absolute Gasteiger partial charge is 0.319 e. The quantitative estimate of drug-likeness (QED) is 0.483. The van der Waals surface area contributed by atoms with E-state index in [1.165, 1.54) is 5.57 Å². The Bertz CT molecular complexity index is 1340. The second-order valence-electron chi connectivity index (χ2n) is 9.83. The van der Waals surface area contributed by atoms with Crippen LogP contribution in [0, 0.1) is 5.92 Å². The number of H-pyrrole nitrogens is 1. The maximum Gasteiger partial charge on any atom is 0.319 e. The summed E-state index contributed by atoms with van der Waals surface area (Å²) in [6, 6.07) is 10.2. The van der Waals surface area contributed by atoms with Crippen LogP contribution in [-0.2, 0) is 4.79 Å². The van der Waals surface area contributed by atoms with E-state index in [0.717, 1.165) is 30.4 Å². The number of rotatable bonds is 5. The number of carbonyl (C=O) groups is 2. The van der Waals surface area contributed by atoms with Gasteiger partial charge in [0.1, 0.15) is 6.10 Å². The van der Waals surface area contributed by atoms with Gasteiger partial charge < -0.3 is 24.6 Å². The molecule has 5 rings (SSSR count). The number of benzene rings is 1. The zero-order valence-corrected chi connectivity index (χ0v) is 21.7. The van der Waals surface area contributed by atoms with Gasteiger partial charge in [0.05, 0.1) is 22.2 Å². The minimum atomic E-state index is -0.726. The van der Waals surface area contributed by atoms with Crippen LogP contribution in [-0.4, -0.2) is 75.1 Å². The number of likely N-dealkylation sites (tertiary alicyclic amines) is 1. The molecule has 1 aliphatic heterocycles. The second-order valence-corrected chi connectivity index (χ2v) is 10.2. The molecule has 1 fully saturated rings. The number of ether oxygens (including phenoxy) is 1. The van der Waals surface area contributed by atoms with Crippen molar-refractivity contribution in [2.75, 3.05) is 27.2 Å². The van der Waals surface area contributed by atoms with Crippen LogP contribution in [0.4, 0.5) is 4.79 Å². The van der Waals surface area contributed by atoms with Gasteiger partial charge in [-0.3, -0.25) is 4.79 Å². The molecule has 1 aromatic carbocycles. The number of imidazole rings is 1. The van der Waals surface area contributed by atoms with Gasteiger partial charge in [-0.25, -0.2) is 9.78 Å². The molecule has 2 amide bonds. The number of carbonyl (C=O) groups excluding carboxylic acids is 1. The van der Waals surface area contributed by atoms with Crippen LogP contribution in [0.15, 0.2) is 36.4 Å². The van der Waals surface area contributed by atoms with Gasteiger partial charge in [-0.1, -0.05) is 41.9 Å². The van der Waals surface area contributed by atoms with Gasteiger partial charge in [0.25, 0.3) is 6.01 Å². The van der Waals surface area contributed by atoms with E-state index in [9.17, 15) is 14.7 Å². The monoisotopic (exact) mass is 523 g/mol. The molecule has 1 unspecified atom stereocenters. The number of hydrogen-bond acceptors (Lipinski definition) is 5. The first-order chi connectivity index (χ1) is 17.8. The Labute approximate surface area is 220 Å². The molecule has 0 saturated carbocycles. The lowest BCUT2D eigenvalue weighted by molar-refractivity contribution is -0.141. The Kier molecular flexibility index (Phi) is 7.06. The van der Waals surface area contributed by atoms with E-state index in [1.54, 1.807) is 25.1 Å². The summed E-state index contributed by atoms with van der Waals surface area (Å²) in [5.41, 5.74) is 4.98. The number of aromatic amines is 1. The Hall–Kier alpha value is -3.59. The van der Waals surface area contributed by atoms with E-state index >= 15 is 0 Å². The van der Waals surface area contributed by atoms with Gasteiger partial charge in [-0.2, -0.15) is 4.98 Å². The molecule has 2 aliphatic rings. The van der Waals surface area contributed by atoms with Crippen LogP contribution < -0.4 is 4.74 Å². The first-order valence-corrected chi connectivity index (χ1v) is 12.9. The van der Waals surface area contributed by atoms with Crippen molar-refractivity contribution in [1.29, 1.82) is 0 Å². The summed E-state index contributed by atoms with van der Waals surface area (Å²) in [5, 5.41) is 9.71. The molecule has 194 valence electrons. The van der Waals surface area contributed by atoms with Gasteiger partial charge in [-0.15, -0.1) is 0 Å². The molecule has 2 aromatic heterocycles. The summed E-state index contributed by atoms with van der Waals surface area (Å²) >= 11 is 6.58. The Morgan fingerprint density at radius 3 is 2.43 bits per heavy atom. The predicted octanol–water partition coefficient (Wildman–Crippen LogP) is 5.07. The zero-order valence-electron chi connectivity index (χ0n) is 20.9. The van der Waals surface area contributed by atoms with Crippen LogP contribution in [0.3, 0.4) is 0 Å². The predicted molar refractivity (Wildman–Crippen MR) is 142 cm³/mol. The number of pyridine rings is 1. The molecule has 2 N–H and O–H groups in total. The lowest BCUT2D eigenvalue weighted by Crippen LogP contribution is -2.46. The summed E-state index contributed by atoms with van der Waals surface area (Å²) in [5.74, 6) is -1.02. The Balaban J connectivity index is 1.27. The van der Waals surface area contributed by atoms with Gasteiger partial charge in [-0.05, 0) is 36.5 Å². The second kappa shape index (κ2) is 10.4. The molecule has 1 atom stereocenters. The molecule has 10 heteroatoms. The standard InChI is InChI=1S/C27H30ClN5O4/c1-32(2)27(36)33-13-11-20(12-14-33)37-26-29-22-15-21(28)23(30-24(22)31-26)18-7-3-16(4-8-18)17-5-9-19(10-6-17)25(34)35/h3-5,7-8,15,19-20H,6,9-14H2,1-2H3,(H,34,35)(H,29,30,31). The molecule has 0 spiro atoms. The maximum atomic E-state index is 12.1. The van der Waals surface area contributed by atoms with Gasteiger partial charge in [0.15, 0.2) is 5.65 Å². The average Bonchev–Trinajstić information content (AvgIpc) is 3.29. The van der Waals surface area contributed by atoms with Crippen molar-refractivity contribution >= 4 is 40.3 Å². The largest absolute Gasteiger partial charge is 0.481 e. The fourth-order valence-electron chi connectivity index (χ4n) is 4.92. The summed E-state index contributed by atoms with van der Waals surface area (Å²) in [6.07, 6.45) is 5.43. The number of hydrogen-bond donors (Lipinski definition) is 2. The molecule has 3 aromatic rings. The van der Waals surface area contributed by atoms with Gasteiger partial charge >= 0.3 is 12.0 Å². The van der Waals surface area contributed by atoms with Crippen molar-refractivity contribution < 1.29 is 19.4 Å². The summed E-state index contributed by atoms with van der Waals surface area (Å²) < 4.78 is 6.08. The topological polar surface area (TPSA) is 112 Å². The lowest BCUT2D eigenvalue weighted by atomic mass is 9.86. The number of nitrogens with zero attached hydrogens (tertiary/aromatic N) is 4. The maximum absolute atomic E-state index is 12.1. The van der Waals surface area contributed by atoms with E-state index in [-0.39, 0.29) is 18.1 Å². The molecule has 37 heavy (non-hydrogen) atoms. The van der Waals surface area contributed by atoms with E-state index in [4.69, 9.17) is 21.3 Å². The summed E-state index contributed by atoms with van der Waals surface area (Å²) in [4.78, 5) is 39.1. The third-order valence-electron chi connectivity index (χ3n) is 7.07. The van der Waals surface area contributed by atoms with Crippen LogP contribution in [0.2, 0.25) is 5.02 Å². The fraction of sp³-hybridized carbons (Fsp3) is 0.407. The molecule has 1 aliphatic carbocycles. The van der Waals surface area contributed by atoms with Crippen molar-refractivity contribution in [3.05, 3.63) is 47.0 Å². The number of amides is 2. The SMILES string of the molecule is CN(C)C(=O)N1CCC(Oc2nc3nc(-c4ccc(C5=CCC(C(=O)O)CC5)cc4)c(Cl)cc3[nH]2)CC1. The normalized spacial score (nSPS) is 18.5. The molecule has 0 bridgehead atoms. The number of piperidine rings is 1. The molecular formula is C27H30ClN5O4. The third kappa shape index (κ3) is 5.41. The lowest BCUT2D eigenvalue weighted by Gasteiger charge is -2.33. The van der Waals surface area contributed by atoms with E-state index < -0.39 is 5.97 Å². The highest BCUT2D eigenvalue weighted by Crippen LogP contribution is 2.34. The van der Waals surface area contributed by atoms with Crippen molar-refractivity contribution in [3.63, 3.8) is 0 Å². The van der Waals surface area contributed by atoms with E-state index in [0.29, 0.717) is 53.8 Å². The number of urea groups is 1. The molecule has 1 saturated heterocycles. The van der Waals surface area contributed by atoms with Crippen LogP contribution in [0.5, 0.6) is 6.01 Å². The fourth-order valence-corrected chi connectivity index (χ4v) is 5.18. The highest BCUT2D eigenvalue weighted by molar-refractivity contribution is 6.33. The molecule has 9 nitrogen and oxygen atoms in total. The Morgan fingerprint density at radius 1 is 1.11 bits per heavy atom. The number of aromatic nitrogens is 3. The number of carboxylic acid groups (broad SMARTS) is 1. The Morgan fingerprint density at radius 2 is 1.81 bits per heavy atom. The number of halogens is 1. The van der Waals surface area contributed by atoms with Crippen molar-refractivity contribution in [2.45, 2.75) is 38.2 Å². The number of fused-ring (bicyclic) bond motifs is 1. The van der Waals surface area contributed by atoms with Crippen LogP contribution >= 0.6 is 11.6 Å². The number of nitrogens with one attached hydrogen (secondary N) is 1. The number of carboxylic acids is 1. The van der Waals surface area contributed by atoms with Crippen LogP contribution in [0.1, 0.15) is 37.7 Å². The molecular weight excluding hydrogens is 494 g/mol. The average molecular weight is 524 g/mol. The third-order valence-corrected chi connectivity index (χ3v) is 7.36. The minimum absolute atomic E-state index is 0.0175. The van der Waals surface area contributed by atoms with E-state index in [1.807, 2.05) is 35.2 Å². The molecule has 0 radical (unpaired) electrons.